The van der Waals surface area contributed by atoms with Crippen molar-refractivity contribution >= 4 is 24.0 Å². The Kier molecular flexibility index (Phi) is 8.50. The van der Waals surface area contributed by atoms with Crippen molar-refractivity contribution < 1.29 is 23.9 Å². The predicted octanol–water partition coefficient (Wildman–Crippen LogP) is 6.19. The first kappa shape index (κ1) is 28.2. The molecule has 2 aliphatic rings. The lowest BCUT2D eigenvalue weighted by molar-refractivity contribution is 0.0502. The highest BCUT2D eigenvalue weighted by atomic mass is 16.5. The number of nitrogens with zero attached hydrogens (tertiary/aromatic N) is 1. The van der Waals surface area contributed by atoms with Gasteiger partial charge in [0.25, 0.3) is 0 Å². The van der Waals surface area contributed by atoms with Crippen LogP contribution in [0.3, 0.4) is 0 Å². The van der Waals surface area contributed by atoms with Crippen LogP contribution < -0.4 is 10.2 Å². The van der Waals surface area contributed by atoms with Gasteiger partial charge in [0, 0.05) is 31.1 Å². The van der Waals surface area contributed by atoms with Gasteiger partial charge in [0.05, 0.1) is 17.9 Å². The lowest BCUT2D eigenvalue weighted by Crippen LogP contribution is -2.28. The number of ether oxygens (including phenoxy) is 2. The molecule has 7 heteroatoms. The Labute approximate surface area is 251 Å². The number of carbonyl (C=O) groups is 3. The predicted molar refractivity (Wildman–Crippen MR) is 166 cm³/mol. The standard InChI is InChI=1S/C36H34N2O5/c39-23-28-22-25(21-27-16-19-38(34(27)28)18-8-20-42-35(40)26-9-2-1-3-10-26)15-17-37-36(41)43-24-33-31-13-6-4-11-29(31)30-12-5-7-14-32(30)33/h1-7,9-14,21-23,33H,8,15-20,24H2,(H,37,41). The Morgan fingerprint density at radius 3 is 2.30 bits per heavy atom. The average Bonchev–Trinajstić information content (AvgIpc) is 3.60. The van der Waals surface area contributed by atoms with E-state index in [0.717, 1.165) is 36.1 Å². The van der Waals surface area contributed by atoms with E-state index in [1.807, 2.05) is 48.5 Å². The number of rotatable bonds is 11. The third-order valence-electron chi connectivity index (χ3n) is 8.21. The minimum absolute atomic E-state index is 0.0175. The fraction of sp³-hybridized carbons (Fsp3) is 0.250. The lowest BCUT2D eigenvalue weighted by atomic mass is 9.98. The van der Waals surface area contributed by atoms with Crippen LogP contribution in [0.5, 0.6) is 0 Å². The molecule has 4 aromatic rings. The zero-order valence-electron chi connectivity index (χ0n) is 24.0. The Morgan fingerprint density at radius 2 is 1.58 bits per heavy atom. The summed E-state index contributed by atoms with van der Waals surface area (Å²) in [5.74, 6) is -0.309. The van der Waals surface area contributed by atoms with Crippen molar-refractivity contribution in [1.82, 2.24) is 5.32 Å². The highest BCUT2D eigenvalue weighted by Crippen LogP contribution is 2.44. The fourth-order valence-electron chi connectivity index (χ4n) is 6.22. The first-order chi connectivity index (χ1) is 21.1. The molecule has 0 aromatic heterocycles. The van der Waals surface area contributed by atoms with Crippen molar-refractivity contribution in [1.29, 1.82) is 0 Å². The van der Waals surface area contributed by atoms with Crippen LogP contribution in [0.2, 0.25) is 0 Å². The highest BCUT2D eigenvalue weighted by Gasteiger charge is 2.29. The topological polar surface area (TPSA) is 84.9 Å². The van der Waals surface area contributed by atoms with E-state index < -0.39 is 6.09 Å². The van der Waals surface area contributed by atoms with Gasteiger partial charge in [0.1, 0.15) is 6.61 Å². The zero-order chi connectivity index (χ0) is 29.6. The van der Waals surface area contributed by atoms with Gasteiger partial charge in [0.15, 0.2) is 6.29 Å². The van der Waals surface area contributed by atoms with Crippen LogP contribution in [0.25, 0.3) is 11.1 Å². The minimum Gasteiger partial charge on any atom is -0.462 e. The maximum Gasteiger partial charge on any atom is 0.407 e. The summed E-state index contributed by atoms with van der Waals surface area (Å²) in [6.45, 7) is 2.50. The van der Waals surface area contributed by atoms with Crippen LogP contribution in [0.4, 0.5) is 10.5 Å². The van der Waals surface area contributed by atoms with Gasteiger partial charge in [-0.3, -0.25) is 4.79 Å². The Morgan fingerprint density at radius 1 is 0.884 bits per heavy atom. The fourth-order valence-corrected chi connectivity index (χ4v) is 6.22. The molecule has 0 radical (unpaired) electrons. The monoisotopic (exact) mass is 574 g/mol. The van der Waals surface area contributed by atoms with Crippen molar-refractivity contribution in [2.75, 3.05) is 37.7 Å². The zero-order valence-corrected chi connectivity index (χ0v) is 24.0. The van der Waals surface area contributed by atoms with E-state index in [9.17, 15) is 14.4 Å². The van der Waals surface area contributed by atoms with Gasteiger partial charge in [-0.1, -0.05) is 72.8 Å². The maximum absolute atomic E-state index is 12.6. The number of carbonyl (C=O) groups excluding carboxylic acids is 3. The third kappa shape index (κ3) is 6.16. The molecule has 0 saturated heterocycles. The molecule has 4 aromatic carbocycles. The molecule has 0 atom stereocenters. The first-order valence-corrected chi connectivity index (χ1v) is 14.8. The number of nitrogens with one attached hydrogen (secondary N) is 1. The van der Waals surface area contributed by atoms with Crippen molar-refractivity contribution in [2.24, 2.45) is 0 Å². The first-order valence-electron chi connectivity index (χ1n) is 14.8. The van der Waals surface area contributed by atoms with Crippen molar-refractivity contribution in [3.05, 3.63) is 124 Å². The quantitative estimate of drug-likeness (QED) is 0.131. The number of amides is 1. The van der Waals surface area contributed by atoms with E-state index in [1.165, 1.54) is 22.3 Å². The summed E-state index contributed by atoms with van der Waals surface area (Å²) < 4.78 is 11.1. The van der Waals surface area contributed by atoms with Crippen LogP contribution in [0.1, 0.15) is 55.3 Å². The molecule has 0 unspecified atom stereocenters. The smallest absolute Gasteiger partial charge is 0.407 e. The molecular weight excluding hydrogens is 540 g/mol. The second kappa shape index (κ2) is 12.9. The summed E-state index contributed by atoms with van der Waals surface area (Å²) in [4.78, 5) is 39.0. The number of alkyl carbamates (subject to hydrolysis) is 1. The van der Waals surface area contributed by atoms with Gasteiger partial charge in [-0.2, -0.15) is 0 Å². The summed E-state index contributed by atoms with van der Waals surface area (Å²) >= 11 is 0. The summed E-state index contributed by atoms with van der Waals surface area (Å²) in [5.41, 5.74) is 9.01. The molecular formula is C36H34N2O5. The molecule has 1 N–H and O–H groups in total. The summed E-state index contributed by atoms with van der Waals surface area (Å²) in [6, 6.07) is 29.5. The number of anilines is 1. The number of fused-ring (bicyclic) bond motifs is 4. The highest BCUT2D eigenvalue weighted by molar-refractivity contribution is 5.89. The number of aldehydes is 1. The molecule has 1 aliphatic carbocycles. The molecule has 0 fully saturated rings. The second-order valence-electron chi connectivity index (χ2n) is 10.9. The van der Waals surface area contributed by atoms with E-state index in [4.69, 9.17) is 9.47 Å². The number of hydrogen-bond acceptors (Lipinski definition) is 6. The Bertz CT molecular complexity index is 1590. The van der Waals surface area contributed by atoms with Gasteiger partial charge < -0.3 is 19.7 Å². The van der Waals surface area contributed by atoms with E-state index >= 15 is 0 Å². The average molecular weight is 575 g/mol. The summed E-state index contributed by atoms with van der Waals surface area (Å²) in [7, 11) is 0. The second-order valence-corrected chi connectivity index (χ2v) is 10.9. The van der Waals surface area contributed by atoms with Crippen molar-refractivity contribution in [2.45, 2.75) is 25.2 Å². The van der Waals surface area contributed by atoms with Gasteiger partial charge in [-0.05, 0) is 70.8 Å². The molecule has 0 bridgehead atoms. The molecule has 0 saturated carbocycles. The van der Waals surface area contributed by atoms with Crippen molar-refractivity contribution in [3.8, 4) is 11.1 Å². The van der Waals surface area contributed by atoms with Gasteiger partial charge in [0.2, 0.25) is 0 Å². The molecule has 0 spiro atoms. The molecule has 1 heterocycles. The van der Waals surface area contributed by atoms with Crippen LogP contribution >= 0.6 is 0 Å². The van der Waals surface area contributed by atoms with E-state index in [0.29, 0.717) is 43.7 Å². The Hall–Kier alpha value is -4.91. The summed E-state index contributed by atoms with van der Waals surface area (Å²) in [6.07, 6.45) is 2.55. The van der Waals surface area contributed by atoms with Gasteiger partial charge in [-0.15, -0.1) is 0 Å². The van der Waals surface area contributed by atoms with Crippen LogP contribution in [0, 0.1) is 0 Å². The molecule has 1 amide bonds. The molecule has 218 valence electrons. The van der Waals surface area contributed by atoms with Crippen LogP contribution in [0.15, 0.2) is 91.0 Å². The number of hydrogen-bond donors (Lipinski definition) is 1. The van der Waals surface area contributed by atoms with E-state index in [1.54, 1.807) is 12.1 Å². The number of esters is 1. The van der Waals surface area contributed by atoms with Crippen LogP contribution in [-0.2, 0) is 22.3 Å². The number of benzene rings is 4. The Balaban J connectivity index is 0.985. The maximum atomic E-state index is 12.6. The largest absolute Gasteiger partial charge is 0.462 e. The molecule has 7 nitrogen and oxygen atoms in total. The molecule has 6 rings (SSSR count). The van der Waals surface area contributed by atoms with Gasteiger partial charge >= 0.3 is 12.1 Å². The lowest BCUT2D eigenvalue weighted by Gasteiger charge is -2.21. The van der Waals surface area contributed by atoms with E-state index in [-0.39, 0.29) is 18.5 Å². The van der Waals surface area contributed by atoms with Crippen molar-refractivity contribution in [3.63, 3.8) is 0 Å². The van der Waals surface area contributed by atoms with Gasteiger partial charge in [-0.25, -0.2) is 9.59 Å². The summed E-state index contributed by atoms with van der Waals surface area (Å²) in [5, 5.41) is 2.87. The normalized spacial score (nSPS) is 13.2. The van der Waals surface area contributed by atoms with E-state index in [2.05, 4.69) is 40.5 Å². The molecule has 43 heavy (non-hydrogen) atoms. The van der Waals surface area contributed by atoms with Crippen LogP contribution in [-0.4, -0.2) is 51.2 Å². The minimum atomic E-state index is -0.447. The molecule has 1 aliphatic heterocycles. The third-order valence-corrected chi connectivity index (χ3v) is 8.21. The SMILES string of the molecule is O=Cc1cc(CCNC(=O)OCC2c3ccccc3-c3ccccc32)cc2c1N(CCCOC(=O)c1ccccc1)CC2.